The number of rotatable bonds is 7. The molecule has 3 N–H and O–H groups in total. The fourth-order valence-electron chi connectivity index (χ4n) is 2.40. The van der Waals surface area contributed by atoms with Gasteiger partial charge >= 0.3 is 0 Å². The molecule has 0 aliphatic carbocycles. The summed E-state index contributed by atoms with van der Waals surface area (Å²) >= 11 is 0. The molecule has 0 spiro atoms. The van der Waals surface area contributed by atoms with E-state index in [4.69, 9.17) is 5.11 Å². The molecule has 24 heavy (non-hydrogen) atoms. The average Bonchev–Trinajstić information content (AvgIpc) is 3.17. The number of amides is 1. The van der Waals surface area contributed by atoms with Crippen molar-refractivity contribution in [3.05, 3.63) is 48.2 Å². The predicted octanol–water partition coefficient (Wildman–Crippen LogP) is 0.560. The zero-order valence-corrected chi connectivity index (χ0v) is 13.4. The number of fused-ring (bicyclic) bond motifs is 1. The summed E-state index contributed by atoms with van der Waals surface area (Å²) in [6.45, 7) is 2.95. The third kappa shape index (κ3) is 3.72. The van der Waals surface area contributed by atoms with E-state index >= 15 is 0 Å². The maximum Gasteiger partial charge on any atom is 0.241 e. The van der Waals surface area contributed by atoms with Gasteiger partial charge in [-0.25, -0.2) is 4.98 Å². The normalized spacial score (nSPS) is 10.9. The van der Waals surface area contributed by atoms with Crippen molar-refractivity contribution in [3.63, 3.8) is 0 Å². The Hall–Kier alpha value is -2.87. The molecule has 3 heterocycles. The van der Waals surface area contributed by atoms with Crippen LogP contribution in [-0.2, 0) is 17.9 Å². The van der Waals surface area contributed by atoms with Crippen molar-refractivity contribution in [2.75, 3.05) is 18.5 Å². The molecule has 3 aromatic heterocycles. The lowest BCUT2D eigenvalue weighted by molar-refractivity contribution is -0.122. The van der Waals surface area contributed by atoms with Crippen molar-refractivity contribution in [1.29, 1.82) is 0 Å². The number of aliphatic hydroxyl groups excluding tert-OH is 1. The van der Waals surface area contributed by atoms with Gasteiger partial charge in [0, 0.05) is 18.9 Å². The third-order valence-corrected chi connectivity index (χ3v) is 3.58. The van der Waals surface area contributed by atoms with Gasteiger partial charge in [0.15, 0.2) is 0 Å². The van der Waals surface area contributed by atoms with Gasteiger partial charge in [-0.3, -0.25) is 9.48 Å². The van der Waals surface area contributed by atoms with Crippen molar-refractivity contribution < 1.29 is 9.90 Å². The fourth-order valence-corrected chi connectivity index (χ4v) is 2.40. The average molecular weight is 328 g/mol. The summed E-state index contributed by atoms with van der Waals surface area (Å²) in [4.78, 5) is 16.0. The first-order valence-electron chi connectivity index (χ1n) is 7.72. The van der Waals surface area contributed by atoms with E-state index < -0.39 is 0 Å². The molecule has 8 nitrogen and oxygen atoms in total. The van der Waals surface area contributed by atoms with E-state index in [1.807, 2.05) is 31.5 Å². The lowest BCUT2D eigenvalue weighted by atomic mass is 10.3. The van der Waals surface area contributed by atoms with Crippen LogP contribution in [0.15, 0.2) is 36.9 Å². The zero-order chi connectivity index (χ0) is 16.9. The maximum absolute atomic E-state index is 11.6. The maximum atomic E-state index is 11.6. The Kier molecular flexibility index (Phi) is 4.76. The van der Waals surface area contributed by atoms with E-state index in [1.165, 1.54) is 5.56 Å². The number of nitrogens with one attached hydrogen (secondary N) is 2. The fraction of sp³-hybridized carbons (Fsp3) is 0.312. The van der Waals surface area contributed by atoms with Gasteiger partial charge < -0.3 is 20.1 Å². The van der Waals surface area contributed by atoms with Crippen LogP contribution in [0.3, 0.4) is 0 Å². The van der Waals surface area contributed by atoms with Crippen LogP contribution >= 0.6 is 0 Å². The van der Waals surface area contributed by atoms with E-state index in [0.717, 1.165) is 17.0 Å². The minimum absolute atomic E-state index is 0.0730. The van der Waals surface area contributed by atoms with E-state index in [1.54, 1.807) is 17.1 Å². The summed E-state index contributed by atoms with van der Waals surface area (Å²) in [7, 11) is 0. The highest BCUT2D eigenvalue weighted by atomic mass is 16.3. The van der Waals surface area contributed by atoms with Crippen LogP contribution < -0.4 is 10.6 Å². The number of imidazole rings is 1. The Morgan fingerprint density at radius 2 is 2.17 bits per heavy atom. The van der Waals surface area contributed by atoms with Gasteiger partial charge in [0.2, 0.25) is 5.91 Å². The molecule has 0 radical (unpaired) electrons. The summed E-state index contributed by atoms with van der Waals surface area (Å²) in [5.41, 5.74) is 3.95. The Morgan fingerprint density at radius 1 is 1.29 bits per heavy atom. The van der Waals surface area contributed by atoms with E-state index in [2.05, 4.69) is 25.1 Å². The number of carbonyl (C=O) groups excluding carboxylic acids is 1. The SMILES string of the molecule is Cc1ccc2ncc(CNc3cnn(CC(=O)NCCO)c3)n2c1. The molecule has 0 saturated heterocycles. The molecule has 0 bridgehead atoms. The number of carbonyl (C=O) groups is 1. The van der Waals surface area contributed by atoms with Gasteiger partial charge in [-0.15, -0.1) is 0 Å². The van der Waals surface area contributed by atoms with Crippen LogP contribution in [-0.4, -0.2) is 43.3 Å². The number of aliphatic hydroxyl groups is 1. The number of nitrogens with zero attached hydrogens (tertiary/aromatic N) is 4. The summed E-state index contributed by atoms with van der Waals surface area (Å²) in [6.07, 6.45) is 7.34. The van der Waals surface area contributed by atoms with Gasteiger partial charge in [0.05, 0.1) is 36.9 Å². The summed E-state index contributed by atoms with van der Waals surface area (Å²) in [6, 6.07) is 4.02. The van der Waals surface area contributed by atoms with Crippen LogP contribution in [0, 0.1) is 6.92 Å². The second kappa shape index (κ2) is 7.14. The Bertz CT molecular complexity index is 838. The van der Waals surface area contributed by atoms with Crippen LogP contribution in [0.4, 0.5) is 5.69 Å². The highest BCUT2D eigenvalue weighted by Gasteiger charge is 2.06. The Labute approximate surface area is 139 Å². The van der Waals surface area contributed by atoms with Crippen LogP contribution in [0.5, 0.6) is 0 Å². The highest BCUT2D eigenvalue weighted by Crippen LogP contribution is 2.11. The molecule has 0 aliphatic heterocycles. The first-order chi connectivity index (χ1) is 11.7. The van der Waals surface area contributed by atoms with Crippen molar-refractivity contribution >= 4 is 17.2 Å². The topological polar surface area (TPSA) is 96.5 Å². The number of hydrogen-bond acceptors (Lipinski definition) is 5. The zero-order valence-electron chi connectivity index (χ0n) is 13.4. The molecule has 8 heteroatoms. The van der Waals surface area contributed by atoms with Gasteiger partial charge in [0.25, 0.3) is 0 Å². The number of aryl methyl sites for hydroxylation is 1. The van der Waals surface area contributed by atoms with Crippen molar-refractivity contribution in [2.24, 2.45) is 0 Å². The summed E-state index contributed by atoms with van der Waals surface area (Å²) < 4.78 is 3.60. The molecule has 0 aliphatic rings. The quantitative estimate of drug-likeness (QED) is 0.589. The van der Waals surface area contributed by atoms with Gasteiger partial charge in [0.1, 0.15) is 12.2 Å². The van der Waals surface area contributed by atoms with Crippen LogP contribution in [0.2, 0.25) is 0 Å². The molecule has 0 fully saturated rings. The first-order valence-corrected chi connectivity index (χ1v) is 7.72. The third-order valence-electron chi connectivity index (χ3n) is 3.58. The molecule has 1 amide bonds. The van der Waals surface area contributed by atoms with Gasteiger partial charge in [-0.2, -0.15) is 5.10 Å². The van der Waals surface area contributed by atoms with Gasteiger partial charge in [-0.1, -0.05) is 6.07 Å². The first kappa shape index (κ1) is 16.0. The molecule has 0 atom stereocenters. The lowest BCUT2D eigenvalue weighted by Crippen LogP contribution is -2.30. The largest absolute Gasteiger partial charge is 0.395 e. The molecular weight excluding hydrogens is 308 g/mol. The smallest absolute Gasteiger partial charge is 0.241 e. The number of pyridine rings is 1. The molecule has 0 saturated carbocycles. The second-order valence-electron chi connectivity index (χ2n) is 5.54. The molecular formula is C16H20N6O2. The standard InChI is InChI=1S/C16H20N6O2/c1-12-2-3-15-19-8-14(22(15)9-12)7-18-13-6-20-21(10-13)11-16(24)17-4-5-23/h2-3,6,8-10,18,23H,4-5,7,11H2,1H3,(H,17,24). The number of hydrogen-bond donors (Lipinski definition) is 3. The Balaban J connectivity index is 1.60. The van der Waals surface area contributed by atoms with E-state index in [-0.39, 0.29) is 25.6 Å². The van der Waals surface area contributed by atoms with Crippen molar-refractivity contribution in [1.82, 2.24) is 24.5 Å². The molecule has 0 aromatic carbocycles. The van der Waals surface area contributed by atoms with Gasteiger partial charge in [-0.05, 0) is 18.6 Å². The molecule has 3 aromatic rings. The molecule has 0 unspecified atom stereocenters. The monoisotopic (exact) mass is 328 g/mol. The van der Waals surface area contributed by atoms with Crippen molar-refractivity contribution in [3.8, 4) is 0 Å². The molecule has 126 valence electrons. The lowest BCUT2D eigenvalue weighted by Gasteiger charge is -2.05. The van der Waals surface area contributed by atoms with Crippen LogP contribution in [0.25, 0.3) is 5.65 Å². The highest BCUT2D eigenvalue weighted by molar-refractivity contribution is 5.75. The van der Waals surface area contributed by atoms with E-state index in [9.17, 15) is 4.79 Å². The predicted molar refractivity (Wildman–Crippen MR) is 89.6 cm³/mol. The second-order valence-corrected chi connectivity index (χ2v) is 5.54. The minimum Gasteiger partial charge on any atom is -0.395 e. The minimum atomic E-state index is -0.184. The van der Waals surface area contributed by atoms with E-state index in [0.29, 0.717) is 6.54 Å². The summed E-state index contributed by atoms with van der Waals surface area (Å²) in [5.74, 6) is -0.184. The molecule has 3 rings (SSSR count). The number of aromatic nitrogens is 4. The Morgan fingerprint density at radius 3 is 3.00 bits per heavy atom. The van der Waals surface area contributed by atoms with Crippen molar-refractivity contribution in [2.45, 2.75) is 20.0 Å². The van der Waals surface area contributed by atoms with Crippen LogP contribution in [0.1, 0.15) is 11.3 Å². The number of anilines is 1. The summed E-state index contributed by atoms with van der Waals surface area (Å²) in [5, 5.41) is 18.7.